The van der Waals surface area contributed by atoms with Crippen molar-refractivity contribution in [2.75, 3.05) is 0 Å². The molecule has 0 unspecified atom stereocenters. The minimum Gasteiger partial charge on any atom is -0.292 e. The quantitative estimate of drug-likeness (QED) is 0.624. The van der Waals surface area contributed by atoms with Crippen molar-refractivity contribution in [3.63, 3.8) is 0 Å². The Morgan fingerprint density at radius 1 is 1.50 bits per heavy atom. The summed E-state index contributed by atoms with van der Waals surface area (Å²) in [5.41, 5.74) is 0.410. The molecule has 0 aliphatic heterocycles. The molecule has 3 heteroatoms. The molecule has 0 saturated carbocycles. The summed E-state index contributed by atoms with van der Waals surface area (Å²) in [5.74, 6) is -0.112. The lowest BCUT2D eigenvalue weighted by atomic mass is 10.1. The first kappa shape index (κ1) is 8.59. The van der Waals surface area contributed by atoms with Crippen LogP contribution in [-0.4, -0.2) is 17.1 Å². The van der Waals surface area contributed by atoms with Gasteiger partial charge < -0.3 is 0 Å². The van der Waals surface area contributed by atoms with Gasteiger partial charge in [0.25, 0.3) is 0 Å². The second-order valence-electron chi connectivity index (χ2n) is 2.28. The van der Waals surface area contributed by atoms with Crippen molar-refractivity contribution in [1.82, 2.24) is 4.98 Å². The Bertz CT molecular complexity index is 269. The molecule has 0 N–H and O–H groups in total. The highest BCUT2D eigenvalue weighted by molar-refractivity contribution is 5.94. The summed E-state index contributed by atoms with van der Waals surface area (Å²) < 4.78 is 0. The van der Waals surface area contributed by atoms with Gasteiger partial charge >= 0.3 is 0 Å². The molecule has 0 spiro atoms. The fourth-order valence-corrected chi connectivity index (χ4v) is 0.820. The molecule has 0 bridgehead atoms. The molecule has 0 fully saturated rings. The van der Waals surface area contributed by atoms with Crippen LogP contribution in [0.3, 0.4) is 0 Å². The monoisotopic (exact) mass is 162 g/mol. The zero-order valence-electron chi connectivity index (χ0n) is 6.49. The minimum atomic E-state index is -0.112. The number of pyridine rings is 1. The first-order valence-corrected chi connectivity index (χ1v) is 3.64. The number of nitrogens with zero attached hydrogens (tertiary/aromatic N) is 1. The van der Waals surface area contributed by atoms with Gasteiger partial charge in [-0.25, -0.2) is 0 Å². The van der Waals surface area contributed by atoms with E-state index in [0.717, 1.165) is 0 Å². The largest absolute Gasteiger partial charge is 0.292 e. The Morgan fingerprint density at radius 3 is 2.92 bits per heavy atom. The lowest BCUT2D eigenvalue weighted by Crippen LogP contribution is -2.01. The molecule has 1 radical (unpaired) electrons. The minimum absolute atomic E-state index is 0.112. The molecule has 0 aliphatic rings. The smallest absolute Gasteiger partial charge is 0.198 e. The lowest BCUT2D eigenvalue weighted by molar-refractivity contribution is 0.0980. The average Bonchev–Trinajstić information content (AvgIpc) is 2.15. The second kappa shape index (κ2) is 4.38. The number of Topliss-reactive ketones (excluding diaryl/α,β-unsaturated/α-hetero) is 1. The second-order valence-corrected chi connectivity index (χ2v) is 2.28. The molecule has 1 aromatic rings. The molecular formula is C9H8NO2. The highest BCUT2D eigenvalue weighted by atomic mass is 16.1. The van der Waals surface area contributed by atoms with Crippen LogP contribution in [0, 0.1) is 0 Å². The van der Waals surface area contributed by atoms with E-state index in [2.05, 4.69) is 4.98 Å². The van der Waals surface area contributed by atoms with Gasteiger partial charge in [0.2, 0.25) is 0 Å². The summed E-state index contributed by atoms with van der Waals surface area (Å²) in [6.07, 6.45) is 3.57. The van der Waals surface area contributed by atoms with E-state index >= 15 is 0 Å². The van der Waals surface area contributed by atoms with Crippen LogP contribution in [-0.2, 0) is 4.79 Å². The molecule has 1 heterocycles. The van der Waals surface area contributed by atoms with Crippen LogP contribution in [0.25, 0.3) is 0 Å². The Balaban J connectivity index is 2.59. The number of ketones is 1. The zero-order valence-corrected chi connectivity index (χ0v) is 6.49. The van der Waals surface area contributed by atoms with Crippen LogP contribution >= 0.6 is 0 Å². The van der Waals surface area contributed by atoms with Crippen LogP contribution in [0.2, 0.25) is 0 Å². The van der Waals surface area contributed by atoms with Gasteiger partial charge in [-0.2, -0.15) is 0 Å². The maximum atomic E-state index is 11.2. The average molecular weight is 162 g/mol. The van der Waals surface area contributed by atoms with Crippen molar-refractivity contribution in [3.05, 3.63) is 30.1 Å². The zero-order chi connectivity index (χ0) is 8.81. The van der Waals surface area contributed by atoms with Crippen LogP contribution in [0.5, 0.6) is 0 Å². The fraction of sp³-hybridized carbons (Fsp3) is 0.222. The Morgan fingerprint density at radius 2 is 2.33 bits per heavy atom. The van der Waals surface area contributed by atoms with Crippen molar-refractivity contribution in [2.24, 2.45) is 0 Å². The number of hydrogen-bond acceptors (Lipinski definition) is 3. The van der Waals surface area contributed by atoms with Crippen LogP contribution in [0.4, 0.5) is 0 Å². The van der Waals surface area contributed by atoms with Crippen LogP contribution in [0.15, 0.2) is 24.4 Å². The Hall–Kier alpha value is -1.51. The van der Waals surface area contributed by atoms with Gasteiger partial charge in [-0.3, -0.25) is 14.6 Å². The standard InChI is InChI=1S/C9H8NO2/c11-7-3-5-9(12)8-4-1-2-6-10-8/h1-2,4,6H,3,5H2. The first-order valence-electron chi connectivity index (χ1n) is 3.64. The molecule has 0 aliphatic carbocycles. The summed E-state index contributed by atoms with van der Waals surface area (Å²) in [5, 5.41) is 0. The third-order valence-corrected chi connectivity index (χ3v) is 1.40. The van der Waals surface area contributed by atoms with Crippen molar-refractivity contribution in [3.8, 4) is 0 Å². The molecule has 3 nitrogen and oxygen atoms in total. The molecule has 0 amide bonds. The van der Waals surface area contributed by atoms with Crippen molar-refractivity contribution >= 4 is 12.1 Å². The number of carbonyl (C=O) groups excluding carboxylic acids is 2. The van der Waals surface area contributed by atoms with E-state index in [9.17, 15) is 9.59 Å². The molecule has 0 atom stereocenters. The van der Waals surface area contributed by atoms with Gasteiger partial charge in [0, 0.05) is 19.0 Å². The van der Waals surface area contributed by atoms with Gasteiger partial charge in [0.05, 0.1) is 0 Å². The Kier molecular flexibility index (Phi) is 3.14. The van der Waals surface area contributed by atoms with E-state index in [1.54, 1.807) is 30.7 Å². The van der Waals surface area contributed by atoms with E-state index in [1.165, 1.54) is 0 Å². The van der Waals surface area contributed by atoms with Crippen molar-refractivity contribution < 1.29 is 9.59 Å². The maximum absolute atomic E-state index is 11.2. The fourth-order valence-electron chi connectivity index (χ4n) is 0.820. The SMILES string of the molecule is O=[C]CCC(=O)c1ccccn1. The van der Waals surface area contributed by atoms with E-state index in [1.807, 2.05) is 0 Å². The summed E-state index contributed by atoms with van der Waals surface area (Å²) in [7, 11) is 0. The molecule has 12 heavy (non-hydrogen) atoms. The van der Waals surface area contributed by atoms with Gasteiger partial charge in [0.15, 0.2) is 12.1 Å². The predicted molar refractivity (Wildman–Crippen MR) is 43.5 cm³/mol. The molecule has 0 aromatic carbocycles. The topological polar surface area (TPSA) is 47.0 Å². The molecule has 61 valence electrons. The van der Waals surface area contributed by atoms with Gasteiger partial charge in [0.1, 0.15) is 5.69 Å². The highest BCUT2D eigenvalue weighted by Gasteiger charge is 2.04. The molecule has 1 aromatic heterocycles. The number of carbonyl (C=O) groups is 1. The third-order valence-electron chi connectivity index (χ3n) is 1.40. The van der Waals surface area contributed by atoms with Crippen LogP contribution < -0.4 is 0 Å². The normalized spacial score (nSPS) is 9.33. The first-order chi connectivity index (χ1) is 5.84. The van der Waals surface area contributed by atoms with Gasteiger partial charge in [-0.1, -0.05) is 6.07 Å². The predicted octanol–water partition coefficient (Wildman–Crippen LogP) is 1.15. The van der Waals surface area contributed by atoms with Crippen molar-refractivity contribution in [2.45, 2.75) is 12.8 Å². The number of hydrogen-bond donors (Lipinski definition) is 0. The van der Waals surface area contributed by atoms with E-state index in [4.69, 9.17) is 0 Å². The molecule has 1 rings (SSSR count). The van der Waals surface area contributed by atoms with E-state index in [0.29, 0.717) is 5.69 Å². The summed E-state index contributed by atoms with van der Waals surface area (Å²) in [4.78, 5) is 24.9. The summed E-state index contributed by atoms with van der Waals surface area (Å²) in [6.45, 7) is 0. The van der Waals surface area contributed by atoms with Crippen LogP contribution in [0.1, 0.15) is 23.3 Å². The van der Waals surface area contributed by atoms with Gasteiger partial charge in [-0.05, 0) is 12.1 Å². The summed E-state index contributed by atoms with van der Waals surface area (Å²) >= 11 is 0. The highest BCUT2D eigenvalue weighted by Crippen LogP contribution is 1.99. The number of rotatable bonds is 4. The maximum Gasteiger partial charge on any atom is 0.198 e. The summed E-state index contributed by atoms with van der Waals surface area (Å²) in [6, 6.07) is 5.11. The van der Waals surface area contributed by atoms with Gasteiger partial charge in [-0.15, -0.1) is 0 Å². The molecule has 0 saturated heterocycles. The lowest BCUT2D eigenvalue weighted by Gasteiger charge is -1.94. The number of aromatic nitrogens is 1. The third kappa shape index (κ3) is 2.27. The molecular weight excluding hydrogens is 154 g/mol. The Labute approximate surface area is 70.4 Å². The van der Waals surface area contributed by atoms with E-state index < -0.39 is 0 Å². The van der Waals surface area contributed by atoms with Crippen molar-refractivity contribution in [1.29, 1.82) is 0 Å². The van der Waals surface area contributed by atoms with E-state index in [-0.39, 0.29) is 18.6 Å².